The molecule has 1 aromatic rings. The maximum atomic E-state index is 12.8. The van der Waals surface area contributed by atoms with Gasteiger partial charge >= 0.3 is 12.1 Å². The number of esters is 1. The zero-order valence-electron chi connectivity index (χ0n) is 32.6. The number of alkyl carbamates (subject to hydrolysis) is 1. The molecule has 1 aromatic carbocycles. The average Bonchev–Trinajstić information content (AvgIpc) is 3.05. The zero-order valence-corrected chi connectivity index (χ0v) is 34.8. The third-order valence-corrected chi connectivity index (χ3v) is 8.11. The molecule has 0 unspecified atom stereocenters. The minimum Gasteiger partial charge on any atom is -0.458 e. The minimum absolute atomic E-state index is 0.000357. The van der Waals surface area contributed by atoms with E-state index in [4.69, 9.17) is 24.7 Å². The van der Waals surface area contributed by atoms with Crippen molar-refractivity contribution in [3.63, 3.8) is 0 Å². The van der Waals surface area contributed by atoms with Crippen LogP contribution in [0.3, 0.4) is 0 Å². The van der Waals surface area contributed by atoms with Crippen LogP contribution in [0.15, 0.2) is 24.3 Å². The van der Waals surface area contributed by atoms with E-state index in [1.165, 1.54) is 9.13 Å². The van der Waals surface area contributed by atoms with Crippen molar-refractivity contribution in [2.24, 2.45) is 5.73 Å². The van der Waals surface area contributed by atoms with Crippen LogP contribution in [0.2, 0.25) is 0 Å². The van der Waals surface area contributed by atoms with Crippen LogP contribution in [0, 0.1) is 3.57 Å². The van der Waals surface area contributed by atoms with Gasteiger partial charge in [0.2, 0.25) is 17.7 Å². The lowest BCUT2D eigenvalue weighted by Crippen LogP contribution is -2.44. The van der Waals surface area contributed by atoms with Gasteiger partial charge in [0, 0.05) is 36.0 Å². The number of carbonyl (C=O) groups is 5. The van der Waals surface area contributed by atoms with Crippen molar-refractivity contribution in [2.75, 3.05) is 46.1 Å². The first kappa shape index (κ1) is 48.0. The van der Waals surface area contributed by atoms with Crippen LogP contribution in [0.4, 0.5) is 4.79 Å². The summed E-state index contributed by atoms with van der Waals surface area (Å²) in [7, 11) is 0. The summed E-state index contributed by atoms with van der Waals surface area (Å²) in [5, 5.41) is 11.1. The van der Waals surface area contributed by atoms with Crippen LogP contribution in [-0.4, -0.2) is 99.1 Å². The Morgan fingerprint density at radius 2 is 1.28 bits per heavy atom. The van der Waals surface area contributed by atoms with Crippen molar-refractivity contribution in [1.29, 1.82) is 0 Å². The molecule has 0 spiro atoms. The van der Waals surface area contributed by atoms with E-state index in [9.17, 15) is 24.0 Å². The second kappa shape index (κ2) is 26.7. The SMILES string of the molecule is CC(C)(C)OC(=O)NCCCC[C@H](N)C(=O)NCCOCCOCCC(=O)N[C@@H](CCCCNC(=O)CCCc1ccc(I)cc1)C(=O)OC(C)(C)C. The average molecular weight is 862 g/mol. The molecule has 1 rings (SSSR count). The summed E-state index contributed by atoms with van der Waals surface area (Å²) < 4.78 is 22.9. The highest BCUT2D eigenvalue weighted by Crippen LogP contribution is 2.13. The van der Waals surface area contributed by atoms with E-state index < -0.39 is 35.3 Å². The fourth-order valence-electron chi connectivity index (χ4n) is 4.77. The smallest absolute Gasteiger partial charge is 0.407 e. The molecule has 0 bridgehead atoms. The van der Waals surface area contributed by atoms with Crippen LogP contribution in [0.25, 0.3) is 0 Å². The minimum atomic E-state index is -0.806. The molecule has 0 saturated carbocycles. The van der Waals surface area contributed by atoms with E-state index in [2.05, 4.69) is 68.1 Å². The molecular weight excluding hydrogens is 797 g/mol. The second-order valence-corrected chi connectivity index (χ2v) is 16.0. The molecule has 4 amide bonds. The number of amides is 4. The maximum absolute atomic E-state index is 12.8. The normalized spacial score (nSPS) is 12.7. The van der Waals surface area contributed by atoms with Crippen LogP contribution >= 0.6 is 22.6 Å². The first-order valence-electron chi connectivity index (χ1n) is 18.6. The summed E-state index contributed by atoms with van der Waals surface area (Å²) in [6.45, 7) is 12.9. The third kappa shape index (κ3) is 27.3. The van der Waals surface area contributed by atoms with Gasteiger partial charge in [0.05, 0.1) is 32.5 Å². The van der Waals surface area contributed by atoms with E-state index in [0.29, 0.717) is 64.6 Å². The molecule has 302 valence electrons. The fourth-order valence-corrected chi connectivity index (χ4v) is 5.13. The molecular formula is C38H64IN5O9. The van der Waals surface area contributed by atoms with E-state index in [0.717, 1.165) is 12.8 Å². The molecule has 53 heavy (non-hydrogen) atoms. The van der Waals surface area contributed by atoms with Gasteiger partial charge in [0.15, 0.2) is 0 Å². The fraction of sp³-hybridized carbons (Fsp3) is 0.711. The van der Waals surface area contributed by atoms with E-state index in [1.54, 1.807) is 41.5 Å². The molecule has 0 aliphatic heterocycles. The highest BCUT2D eigenvalue weighted by Gasteiger charge is 2.26. The van der Waals surface area contributed by atoms with Crippen molar-refractivity contribution in [3.8, 4) is 0 Å². The van der Waals surface area contributed by atoms with Gasteiger partial charge in [-0.15, -0.1) is 0 Å². The number of hydrogen-bond acceptors (Lipinski definition) is 10. The monoisotopic (exact) mass is 861 g/mol. The predicted octanol–water partition coefficient (Wildman–Crippen LogP) is 4.29. The topological polar surface area (TPSA) is 196 Å². The van der Waals surface area contributed by atoms with Crippen LogP contribution < -0.4 is 27.0 Å². The number of nitrogens with one attached hydrogen (secondary N) is 4. The third-order valence-electron chi connectivity index (χ3n) is 7.39. The number of benzene rings is 1. The van der Waals surface area contributed by atoms with Crippen molar-refractivity contribution in [1.82, 2.24) is 21.3 Å². The van der Waals surface area contributed by atoms with Gasteiger partial charge in [-0.05, 0) is 133 Å². The van der Waals surface area contributed by atoms with E-state index in [1.807, 2.05) is 0 Å². The summed E-state index contributed by atoms with van der Waals surface area (Å²) in [5.74, 6) is -1.10. The Morgan fingerprint density at radius 1 is 0.679 bits per heavy atom. The van der Waals surface area contributed by atoms with Crippen molar-refractivity contribution < 1.29 is 42.9 Å². The molecule has 2 atom stereocenters. The van der Waals surface area contributed by atoms with E-state index in [-0.39, 0.29) is 50.6 Å². The van der Waals surface area contributed by atoms with Gasteiger partial charge in [-0.1, -0.05) is 12.1 Å². The number of unbranched alkanes of at least 4 members (excludes halogenated alkanes) is 2. The molecule has 0 heterocycles. The predicted molar refractivity (Wildman–Crippen MR) is 212 cm³/mol. The molecule has 6 N–H and O–H groups in total. The zero-order chi connectivity index (χ0) is 39.7. The molecule has 0 aromatic heterocycles. The first-order chi connectivity index (χ1) is 24.9. The Labute approximate surface area is 329 Å². The summed E-state index contributed by atoms with van der Waals surface area (Å²) in [6.07, 6.45) is 5.15. The lowest BCUT2D eigenvalue weighted by molar-refractivity contribution is -0.159. The highest BCUT2D eigenvalue weighted by molar-refractivity contribution is 14.1. The lowest BCUT2D eigenvalue weighted by Gasteiger charge is -2.24. The number of halogens is 1. The first-order valence-corrected chi connectivity index (χ1v) is 19.7. The number of aryl methyl sites for hydroxylation is 1. The standard InChI is InChI=1S/C38H64IN5O9/c1-37(2,3)52-35(48)31(14-8-10-21-41-32(45)15-11-12-28-16-18-29(39)19-17-28)44-33(46)20-24-50-26-27-51-25-23-42-34(47)30(40)13-7-9-22-43-36(49)53-38(4,5)6/h16-19,30-31H,7-15,20-27,40H2,1-6H3,(H,41,45)(H,42,47)(H,43,49)(H,44,46)/t30-,31-/m0/s1. The maximum Gasteiger partial charge on any atom is 0.407 e. The molecule has 0 radical (unpaired) electrons. The van der Waals surface area contributed by atoms with Crippen LogP contribution in [0.5, 0.6) is 0 Å². The molecule has 0 saturated heterocycles. The van der Waals surface area contributed by atoms with Gasteiger partial charge in [0.1, 0.15) is 17.2 Å². The molecule has 0 aliphatic carbocycles. The van der Waals surface area contributed by atoms with Gasteiger partial charge in [-0.2, -0.15) is 0 Å². The Morgan fingerprint density at radius 3 is 1.92 bits per heavy atom. The molecule has 14 nitrogen and oxygen atoms in total. The summed E-state index contributed by atoms with van der Waals surface area (Å²) in [5.41, 5.74) is 5.91. The number of carbonyl (C=O) groups excluding carboxylic acids is 5. The number of hydrogen-bond donors (Lipinski definition) is 5. The molecule has 15 heteroatoms. The highest BCUT2D eigenvalue weighted by atomic mass is 127. The Kier molecular flexibility index (Phi) is 24.2. The van der Waals surface area contributed by atoms with E-state index >= 15 is 0 Å². The van der Waals surface area contributed by atoms with Gasteiger partial charge in [-0.3, -0.25) is 14.4 Å². The van der Waals surface area contributed by atoms with Crippen molar-refractivity contribution >= 4 is 52.4 Å². The Hall–Kier alpha value is -3.02. The van der Waals surface area contributed by atoms with Gasteiger partial charge < -0.3 is 45.9 Å². The Bertz CT molecular complexity index is 1240. The van der Waals surface area contributed by atoms with Crippen molar-refractivity contribution in [2.45, 2.75) is 129 Å². The molecule has 0 fully saturated rings. The quantitative estimate of drug-likeness (QED) is 0.0510. The number of nitrogens with two attached hydrogens (primary N) is 1. The second-order valence-electron chi connectivity index (χ2n) is 14.8. The summed E-state index contributed by atoms with van der Waals surface area (Å²) in [6, 6.07) is 6.82. The lowest BCUT2D eigenvalue weighted by atomic mass is 10.1. The summed E-state index contributed by atoms with van der Waals surface area (Å²) in [4.78, 5) is 61.5. The van der Waals surface area contributed by atoms with Gasteiger partial charge in [-0.25, -0.2) is 9.59 Å². The molecule has 0 aliphatic rings. The van der Waals surface area contributed by atoms with Crippen LogP contribution in [0.1, 0.15) is 105 Å². The summed E-state index contributed by atoms with van der Waals surface area (Å²) >= 11 is 2.27. The Balaban J connectivity index is 2.19. The largest absolute Gasteiger partial charge is 0.458 e. The van der Waals surface area contributed by atoms with Gasteiger partial charge in [0.25, 0.3) is 0 Å². The number of rotatable bonds is 26. The van der Waals surface area contributed by atoms with Crippen molar-refractivity contribution in [3.05, 3.63) is 33.4 Å². The number of ether oxygens (including phenoxy) is 4. The van der Waals surface area contributed by atoms with Crippen LogP contribution in [-0.2, 0) is 44.5 Å².